The zero-order valence-electron chi connectivity index (χ0n) is 68.4. The number of aryl methyl sites for hydroxylation is 2. The minimum absolute atomic E-state index is 0.0295. The van der Waals surface area contributed by atoms with Gasteiger partial charge in [-0.2, -0.15) is 49.9 Å². The summed E-state index contributed by atoms with van der Waals surface area (Å²) in [6, 6.07) is 108. The van der Waals surface area contributed by atoms with Gasteiger partial charge in [-0.05, 0) is 207 Å². The second-order valence-corrected chi connectivity index (χ2v) is 29.9. The molecule has 13 aromatic rings. The molecule has 0 aromatic heterocycles. The van der Waals surface area contributed by atoms with Gasteiger partial charge in [0, 0.05) is 24.3 Å². The van der Waals surface area contributed by atoms with Crippen molar-refractivity contribution in [1.82, 2.24) is 0 Å². The molecule has 0 atom stereocenters. The van der Waals surface area contributed by atoms with Gasteiger partial charge in [-0.1, -0.05) is 195 Å². The van der Waals surface area contributed by atoms with Gasteiger partial charge in [0.25, 0.3) is 0 Å². The van der Waals surface area contributed by atoms with Gasteiger partial charge >= 0.3 is 0 Å². The predicted octanol–water partition coefficient (Wildman–Crippen LogP) is 26.6. The van der Waals surface area contributed by atoms with E-state index in [0.29, 0.717) is 82.0 Å². The summed E-state index contributed by atoms with van der Waals surface area (Å²) in [6.45, 7) is 18.6. The highest BCUT2D eigenvalue weighted by Gasteiger charge is 2.20. The topological polar surface area (TPSA) is 216 Å². The van der Waals surface area contributed by atoms with Gasteiger partial charge in [0.15, 0.2) is 0 Å². The van der Waals surface area contributed by atoms with E-state index >= 15 is 0 Å². The van der Waals surface area contributed by atoms with Crippen molar-refractivity contribution in [3.8, 4) is 79.7 Å². The molecule has 0 saturated heterocycles. The van der Waals surface area contributed by atoms with Crippen LogP contribution in [0.1, 0.15) is 88.8 Å². The lowest BCUT2D eigenvalue weighted by Gasteiger charge is -2.21. The molecule has 5 aliphatic heterocycles. The maximum atomic E-state index is 5.87. The molecule has 20 heteroatoms. The van der Waals surface area contributed by atoms with Crippen LogP contribution in [0.4, 0.5) is 56.9 Å². The zero-order chi connectivity index (χ0) is 83.6. The van der Waals surface area contributed by atoms with E-state index in [-0.39, 0.29) is 38.0 Å². The Morgan fingerprint density at radius 3 is 0.868 bits per heavy atom. The van der Waals surface area contributed by atoms with Gasteiger partial charge in [0.05, 0.1) is 22.7 Å². The van der Waals surface area contributed by atoms with E-state index in [0.717, 1.165) is 91.8 Å². The van der Waals surface area contributed by atoms with E-state index < -0.39 is 0 Å². The van der Waals surface area contributed by atoms with Gasteiger partial charge in [-0.3, -0.25) is 0 Å². The minimum atomic E-state index is 0.0295. The SMILES string of the molecule is C1=Nc2cc(-c3ccccc3)ccc2OCOc2ccc(-c3ccccc3)cc2N=1.C1=Nc2cccc(c2)OCOc2cccc(c2)N=1.C1=Nc2cccc(c2)OCc2cccc(c2)COc2cccc(c2)N=1.CC(C)(C)c1ccc2c(c1)N=C=Nc1cc(C(C)(C)C)ccc1OCO2.CCc1ccc2c(c1)N=C=Nc1cc(CC)ccc1OCO2. The van der Waals surface area contributed by atoms with Crippen LogP contribution in [0.25, 0.3) is 22.3 Å². The summed E-state index contributed by atoms with van der Waals surface area (Å²) in [6.07, 6.45) is 1.89. The largest absolute Gasteiger partial charge is 0.489 e. The van der Waals surface area contributed by atoms with Crippen LogP contribution in [0, 0.1) is 0 Å². The molecule has 0 unspecified atom stereocenters. The summed E-state index contributed by atoms with van der Waals surface area (Å²) >= 11 is 0. The summed E-state index contributed by atoms with van der Waals surface area (Å²) in [4.78, 5) is 43.1. The fourth-order valence-electron chi connectivity index (χ4n) is 12.5. The van der Waals surface area contributed by atoms with Crippen LogP contribution in [-0.4, -0.2) is 57.2 Å². The van der Waals surface area contributed by atoms with E-state index in [1.54, 1.807) is 0 Å². The van der Waals surface area contributed by atoms with Crippen molar-refractivity contribution < 1.29 is 47.4 Å². The van der Waals surface area contributed by atoms with Crippen molar-refractivity contribution in [2.24, 2.45) is 49.9 Å². The molecule has 13 aromatic carbocycles. The van der Waals surface area contributed by atoms with Crippen molar-refractivity contribution in [2.75, 3.05) is 27.2 Å². The number of nitrogens with zero attached hydrogens (tertiary/aromatic N) is 10. The van der Waals surface area contributed by atoms with Crippen LogP contribution in [0.15, 0.2) is 341 Å². The summed E-state index contributed by atoms with van der Waals surface area (Å²) in [5.74, 6) is 6.86. The Balaban J connectivity index is 0.000000125. The Morgan fingerprint density at radius 1 is 0.240 bits per heavy atom. The zero-order valence-corrected chi connectivity index (χ0v) is 68.4. The number of hydrogen-bond acceptors (Lipinski definition) is 20. The van der Waals surface area contributed by atoms with Gasteiger partial charge in [-0.15, -0.1) is 0 Å². The monoisotopic (exact) mass is 1600 g/mol. The standard InChI is InChI=1S/C26H18N2O2.C22H26N2O2.C21H16N2O2.C18H18N2O2.C14H10N2O2/c1-3-7-19(8-4-1)21-11-13-25-23(15-21)27-17-28-24-16-22(20-9-5-2-6-10-20)12-14-26(24)30-18-29-25;1-21(2,3)15-7-9-19-17(11-15)23-13-24-18-12-16(22(4,5)6)8-10-20(18)26-14-25-19;1-4-16-10-17(5-1)14-25-21-9-3-7-19(12-21)23-15-22-18-6-2-8-20(11-18)24-13-16;1-3-13-5-7-17-15(9-13)19-11-20-16-10-14(4-2)6-8-18(16)22-12-21-17;1-3-11-7-13(5-1)17-10-18-14-6-2-4-12(8-14)16-9-15-11/h1-16H,18H2;7-12H,14H2,1-6H3;1-12H,13-14H2;5-10H,3-4,12H2,1-2H3;1-8H,10H2. The molecule has 20 nitrogen and oxygen atoms in total. The van der Waals surface area contributed by atoms with Crippen LogP contribution in [0.3, 0.4) is 0 Å². The van der Waals surface area contributed by atoms with Crippen LogP contribution >= 0.6 is 0 Å². The average Bonchev–Trinajstić information content (AvgIpc) is 0.814. The quantitative estimate of drug-likeness (QED) is 0.162. The first-order valence-corrected chi connectivity index (χ1v) is 39.6. The van der Waals surface area contributed by atoms with E-state index in [1.807, 2.05) is 249 Å². The number of ether oxygens (including phenoxy) is 10. The number of benzene rings is 13. The summed E-state index contributed by atoms with van der Waals surface area (Å²) in [5.41, 5.74) is 18.5. The lowest BCUT2D eigenvalue weighted by atomic mass is 9.87. The van der Waals surface area contributed by atoms with Crippen LogP contribution in [0.5, 0.6) is 57.5 Å². The van der Waals surface area contributed by atoms with Gasteiger partial charge in [0.1, 0.15) is 135 Å². The number of rotatable bonds is 4. The summed E-state index contributed by atoms with van der Waals surface area (Å²) in [5, 5.41) is 0. The molecule has 0 radical (unpaired) electrons. The third-order valence-electron chi connectivity index (χ3n) is 19.2. The number of aliphatic imine (C=N–C) groups is 10. The Kier molecular flexibility index (Phi) is 27.3. The maximum Gasteiger partial charge on any atom is 0.231 e. The molecule has 121 heavy (non-hydrogen) atoms. The van der Waals surface area contributed by atoms with Crippen molar-refractivity contribution in [1.29, 1.82) is 0 Å². The fourth-order valence-corrected chi connectivity index (χ4v) is 12.5. The Labute approximate surface area is 704 Å². The first-order valence-electron chi connectivity index (χ1n) is 39.6. The maximum absolute atomic E-state index is 5.87. The Bertz CT molecular complexity index is 5840. The van der Waals surface area contributed by atoms with Gasteiger partial charge in [0.2, 0.25) is 27.2 Å². The van der Waals surface area contributed by atoms with E-state index in [4.69, 9.17) is 47.4 Å². The molecule has 0 saturated carbocycles. The molecule has 5 heterocycles. The first kappa shape index (κ1) is 82.3. The second-order valence-electron chi connectivity index (χ2n) is 29.9. The molecular formula is C101H88N10O10. The molecule has 0 fully saturated rings. The molecule has 10 bridgehead atoms. The second kappa shape index (κ2) is 40.1. The van der Waals surface area contributed by atoms with Crippen LogP contribution < -0.4 is 47.4 Å². The predicted molar refractivity (Wildman–Crippen MR) is 477 cm³/mol. The molecule has 0 amide bonds. The van der Waals surface area contributed by atoms with E-state index in [1.165, 1.54) is 22.3 Å². The molecule has 602 valence electrons. The minimum Gasteiger partial charge on any atom is -0.489 e. The van der Waals surface area contributed by atoms with Crippen molar-refractivity contribution in [3.63, 3.8) is 0 Å². The number of hydrogen-bond donors (Lipinski definition) is 0. The molecular weight excluding hydrogens is 1510 g/mol. The molecule has 0 spiro atoms. The van der Waals surface area contributed by atoms with E-state index in [9.17, 15) is 0 Å². The highest BCUT2D eigenvalue weighted by molar-refractivity contribution is 5.76. The van der Waals surface area contributed by atoms with Crippen molar-refractivity contribution in [2.45, 2.75) is 92.3 Å². The summed E-state index contributed by atoms with van der Waals surface area (Å²) < 4.78 is 57.3. The van der Waals surface area contributed by atoms with Gasteiger partial charge in [-0.25, -0.2) is 0 Å². The first-order chi connectivity index (χ1) is 59.1. The van der Waals surface area contributed by atoms with Crippen molar-refractivity contribution in [3.05, 3.63) is 325 Å². The molecule has 18 rings (SSSR count). The van der Waals surface area contributed by atoms with Crippen molar-refractivity contribution >= 4 is 86.9 Å². The van der Waals surface area contributed by atoms with Gasteiger partial charge < -0.3 is 47.4 Å². The Morgan fingerprint density at radius 2 is 0.529 bits per heavy atom. The Hall–Kier alpha value is -15.2. The fraction of sp³-hybridized carbons (Fsp3) is 0.178. The third kappa shape index (κ3) is 23.5. The highest BCUT2D eigenvalue weighted by atomic mass is 16.7. The molecule has 5 aliphatic rings. The smallest absolute Gasteiger partial charge is 0.231 e. The van der Waals surface area contributed by atoms with Crippen LogP contribution in [-0.2, 0) is 36.9 Å². The lowest BCUT2D eigenvalue weighted by molar-refractivity contribution is 0.120. The number of fused-ring (bicyclic) bond motifs is 16. The highest BCUT2D eigenvalue weighted by Crippen LogP contribution is 2.41. The lowest BCUT2D eigenvalue weighted by Crippen LogP contribution is -2.12. The average molecular weight is 1600 g/mol. The molecule has 0 N–H and O–H groups in total. The molecule has 0 aliphatic carbocycles. The van der Waals surface area contributed by atoms with Crippen LogP contribution in [0.2, 0.25) is 0 Å². The summed E-state index contributed by atoms with van der Waals surface area (Å²) in [7, 11) is 0. The normalized spacial score (nSPS) is 13.0. The third-order valence-corrected chi connectivity index (χ3v) is 19.2. The van der Waals surface area contributed by atoms with E-state index in [2.05, 4.69) is 178 Å².